The van der Waals surface area contributed by atoms with Crippen molar-refractivity contribution >= 4 is 6.03 Å². The van der Waals surface area contributed by atoms with Crippen LogP contribution < -0.4 is 11.1 Å². The van der Waals surface area contributed by atoms with E-state index in [1.165, 1.54) is 0 Å². The summed E-state index contributed by atoms with van der Waals surface area (Å²) < 4.78 is 0. The Labute approximate surface area is 95.4 Å². The molecule has 1 heterocycles. The van der Waals surface area contributed by atoms with Gasteiger partial charge in [0.05, 0.1) is 0 Å². The maximum Gasteiger partial charge on any atom is 0.317 e. The molecule has 0 radical (unpaired) electrons. The smallest absolute Gasteiger partial charge is 0.317 e. The summed E-state index contributed by atoms with van der Waals surface area (Å²) in [6.45, 7) is 2.01. The molecule has 86 valence electrons. The molecule has 2 amide bonds. The van der Waals surface area contributed by atoms with Crippen LogP contribution in [0.1, 0.15) is 12.0 Å². The molecule has 1 aliphatic rings. The Balaban J connectivity index is 1.80. The summed E-state index contributed by atoms with van der Waals surface area (Å²) in [6, 6.07) is 10.0. The molecule has 3 N–H and O–H groups in total. The number of carbonyl (C=O) groups excluding carboxylic acids is 1. The molecular formula is C12H17N3O. The van der Waals surface area contributed by atoms with Gasteiger partial charge in [-0.25, -0.2) is 4.79 Å². The molecule has 1 saturated heterocycles. The predicted octanol–water partition coefficient (Wildman–Crippen LogP) is 0.929. The zero-order valence-electron chi connectivity index (χ0n) is 9.23. The van der Waals surface area contributed by atoms with Crippen molar-refractivity contribution in [2.75, 3.05) is 13.1 Å². The normalized spacial score (nSPS) is 19.8. The Morgan fingerprint density at radius 2 is 2.19 bits per heavy atom. The number of nitrogens with zero attached hydrogens (tertiary/aromatic N) is 1. The van der Waals surface area contributed by atoms with Crippen LogP contribution in [0.4, 0.5) is 4.79 Å². The maximum absolute atomic E-state index is 11.7. The molecule has 0 unspecified atom stereocenters. The van der Waals surface area contributed by atoms with Crippen LogP contribution in [-0.2, 0) is 6.54 Å². The predicted molar refractivity (Wildman–Crippen MR) is 62.8 cm³/mol. The van der Waals surface area contributed by atoms with Gasteiger partial charge in [0.2, 0.25) is 0 Å². The Kier molecular flexibility index (Phi) is 3.41. The Hall–Kier alpha value is -1.55. The van der Waals surface area contributed by atoms with Gasteiger partial charge in [0.25, 0.3) is 0 Å². The van der Waals surface area contributed by atoms with Crippen molar-refractivity contribution in [2.45, 2.75) is 19.0 Å². The van der Waals surface area contributed by atoms with Crippen molar-refractivity contribution in [1.82, 2.24) is 10.2 Å². The van der Waals surface area contributed by atoms with E-state index in [0.717, 1.165) is 18.5 Å². The quantitative estimate of drug-likeness (QED) is 0.777. The lowest BCUT2D eigenvalue weighted by atomic mass is 10.2. The lowest BCUT2D eigenvalue weighted by Crippen LogP contribution is -2.39. The first-order valence-corrected chi connectivity index (χ1v) is 5.58. The number of nitrogens with two attached hydrogens (primary N) is 1. The molecule has 1 aromatic carbocycles. The molecule has 0 saturated carbocycles. The van der Waals surface area contributed by atoms with Crippen LogP contribution in [0.3, 0.4) is 0 Å². The summed E-state index contributed by atoms with van der Waals surface area (Å²) in [4.78, 5) is 13.5. The second kappa shape index (κ2) is 4.99. The Morgan fingerprint density at radius 3 is 2.81 bits per heavy atom. The van der Waals surface area contributed by atoms with Gasteiger partial charge in [-0.15, -0.1) is 0 Å². The van der Waals surface area contributed by atoms with Crippen molar-refractivity contribution in [3.05, 3.63) is 35.9 Å². The zero-order valence-corrected chi connectivity index (χ0v) is 9.23. The highest BCUT2D eigenvalue weighted by molar-refractivity contribution is 5.74. The number of benzene rings is 1. The molecule has 0 spiro atoms. The van der Waals surface area contributed by atoms with Crippen molar-refractivity contribution in [3.63, 3.8) is 0 Å². The standard InChI is InChI=1S/C12H17N3O/c13-11-6-7-15(9-11)12(16)14-8-10-4-2-1-3-5-10/h1-5,11H,6-9,13H2,(H,14,16)/t11-/m0/s1. The van der Waals surface area contributed by atoms with E-state index < -0.39 is 0 Å². The van der Waals surface area contributed by atoms with Crippen LogP contribution in [0.15, 0.2) is 30.3 Å². The Morgan fingerprint density at radius 1 is 1.44 bits per heavy atom. The highest BCUT2D eigenvalue weighted by Crippen LogP contribution is 2.07. The number of likely N-dealkylation sites (tertiary alicyclic amines) is 1. The van der Waals surface area contributed by atoms with Crippen LogP contribution in [0.5, 0.6) is 0 Å². The van der Waals surface area contributed by atoms with Crippen molar-refractivity contribution in [1.29, 1.82) is 0 Å². The molecule has 1 aliphatic heterocycles. The van der Waals surface area contributed by atoms with Gasteiger partial charge in [0.1, 0.15) is 0 Å². The second-order valence-corrected chi connectivity index (χ2v) is 4.14. The van der Waals surface area contributed by atoms with E-state index in [1.807, 2.05) is 30.3 Å². The summed E-state index contributed by atoms with van der Waals surface area (Å²) in [5.41, 5.74) is 6.86. The Bertz CT molecular complexity index is 353. The molecule has 1 aromatic rings. The van der Waals surface area contributed by atoms with Crippen LogP contribution in [-0.4, -0.2) is 30.1 Å². The van der Waals surface area contributed by atoms with Gasteiger partial charge >= 0.3 is 6.03 Å². The van der Waals surface area contributed by atoms with Gasteiger partial charge in [-0.1, -0.05) is 30.3 Å². The fourth-order valence-electron chi connectivity index (χ4n) is 1.86. The minimum Gasteiger partial charge on any atom is -0.334 e. The SMILES string of the molecule is N[C@H]1CCN(C(=O)NCc2ccccc2)C1. The third-order valence-electron chi connectivity index (χ3n) is 2.80. The number of carbonyl (C=O) groups is 1. The van der Waals surface area contributed by atoms with E-state index in [-0.39, 0.29) is 12.1 Å². The van der Waals surface area contributed by atoms with Crippen molar-refractivity contribution in [3.8, 4) is 0 Å². The summed E-state index contributed by atoms with van der Waals surface area (Å²) in [7, 11) is 0. The number of hydrogen-bond acceptors (Lipinski definition) is 2. The number of urea groups is 1. The van der Waals surface area contributed by atoms with Gasteiger partial charge < -0.3 is 16.0 Å². The topological polar surface area (TPSA) is 58.4 Å². The summed E-state index contributed by atoms with van der Waals surface area (Å²) in [6.07, 6.45) is 0.902. The van der Waals surface area contributed by atoms with E-state index >= 15 is 0 Å². The second-order valence-electron chi connectivity index (χ2n) is 4.14. The summed E-state index contributed by atoms with van der Waals surface area (Å²) in [5, 5.41) is 2.89. The fraction of sp³-hybridized carbons (Fsp3) is 0.417. The molecule has 4 heteroatoms. The average Bonchev–Trinajstić information content (AvgIpc) is 2.74. The summed E-state index contributed by atoms with van der Waals surface area (Å²) >= 11 is 0. The fourth-order valence-corrected chi connectivity index (χ4v) is 1.86. The highest BCUT2D eigenvalue weighted by atomic mass is 16.2. The lowest BCUT2D eigenvalue weighted by Gasteiger charge is -2.16. The molecule has 0 bridgehead atoms. The molecule has 4 nitrogen and oxygen atoms in total. The first-order valence-electron chi connectivity index (χ1n) is 5.58. The first-order chi connectivity index (χ1) is 7.75. The lowest BCUT2D eigenvalue weighted by molar-refractivity contribution is 0.208. The van der Waals surface area contributed by atoms with E-state index in [1.54, 1.807) is 4.90 Å². The molecule has 1 atom stereocenters. The van der Waals surface area contributed by atoms with Crippen LogP contribution in [0, 0.1) is 0 Å². The molecule has 0 aromatic heterocycles. The molecular weight excluding hydrogens is 202 g/mol. The van der Waals surface area contributed by atoms with Gasteiger partial charge in [-0.2, -0.15) is 0 Å². The van der Waals surface area contributed by atoms with E-state index in [9.17, 15) is 4.79 Å². The van der Waals surface area contributed by atoms with Gasteiger partial charge in [-0.3, -0.25) is 0 Å². The average molecular weight is 219 g/mol. The van der Waals surface area contributed by atoms with Crippen molar-refractivity contribution < 1.29 is 4.79 Å². The molecule has 16 heavy (non-hydrogen) atoms. The van der Waals surface area contributed by atoms with E-state index in [4.69, 9.17) is 5.73 Å². The third-order valence-corrected chi connectivity index (χ3v) is 2.80. The van der Waals surface area contributed by atoms with E-state index in [2.05, 4.69) is 5.32 Å². The zero-order chi connectivity index (χ0) is 11.4. The number of rotatable bonds is 2. The summed E-state index contributed by atoms with van der Waals surface area (Å²) in [5.74, 6) is 0. The van der Waals surface area contributed by atoms with Gasteiger partial charge in [-0.05, 0) is 12.0 Å². The minimum absolute atomic E-state index is 0.0168. The minimum atomic E-state index is -0.0168. The number of amides is 2. The van der Waals surface area contributed by atoms with Gasteiger partial charge in [0.15, 0.2) is 0 Å². The largest absolute Gasteiger partial charge is 0.334 e. The van der Waals surface area contributed by atoms with Crippen molar-refractivity contribution in [2.24, 2.45) is 5.73 Å². The van der Waals surface area contributed by atoms with Gasteiger partial charge in [0, 0.05) is 25.7 Å². The molecule has 0 aliphatic carbocycles. The molecule has 1 fully saturated rings. The van der Waals surface area contributed by atoms with Crippen LogP contribution >= 0.6 is 0 Å². The van der Waals surface area contributed by atoms with Crippen LogP contribution in [0.25, 0.3) is 0 Å². The highest BCUT2D eigenvalue weighted by Gasteiger charge is 2.22. The first kappa shape index (κ1) is 11.0. The third kappa shape index (κ3) is 2.73. The van der Waals surface area contributed by atoms with Crippen LogP contribution in [0.2, 0.25) is 0 Å². The number of hydrogen-bond donors (Lipinski definition) is 2. The molecule has 2 rings (SSSR count). The maximum atomic E-state index is 11.7. The monoisotopic (exact) mass is 219 g/mol. The van der Waals surface area contributed by atoms with E-state index in [0.29, 0.717) is 13.1 Å². The number of nitrogens with one attached hydrogen (secondary N) is 1.